The fourth-order valence-corrected chi connectivity index (χ4v) is 3.68. The fourth-order valence-electron chi connectivity index (χ4n) is 2.89. The van der Waals surface area contributed by atoms with Crippen LogP contribution in [0.5, 0.6) is 0 Å². The minimum atomic E-state index is 0.0590. The van der Waals surface area contributed by atoms with Crippen LogP contribution in [0.15, 0.2) is 33.6 Å². The Hall–Kier alpha value is -1.68. The Morgan fingerprint density at radius 1 is 1.23 bits per heavy atom. The number of amides is 1. The molecule has 1 N–H and O–H groups in total. The van der Waals surface area contributed by atoms with Gasteiger partial charge in [0.25, 0.3) is 0 Å². The summed E-state index contributed by atoms with van der Waals surface area (Å²) in [7, 11) is 0. The third-order valence-electron chi connectivity index (χ3n) is 4.06. The lowest BCUT2D eigenvalue weighted by Gasteiger charge is -2.06. The normalized spacial score (nSPS) is 13.2. The topological polar surface area (TPSA) is 42.2 Å². The smallest absolute Gasteiger partial charge is 0.230 e. The van der Waals surface area contributed by atoms with E-state index < -0.39 is 0 Å². The zero-order valence-electron chi connectivity index (χ0n) is 13.1. The Labute approximate surface area is 135 Å². The summed E-state index contributed by atoms with van der Waals surface area (Å²) >= 11 is 1.60. The number of furan rings is 1. The number of benzene rings is 1. The van der Waals surface area contributed by atoms with Gasteiger partial charge in [0.1, 0.15) is 11.5 Å². The number of hydrogen-bond acceptors (Lipinski definition) is 3. The maximum atomic E-state index is 12.0. The van der Waals surface area contributed by atoms with Crippen molar-refractivity contribution in [2.24, 2.45) is 0 Å². The van der Waals surface area contributed by atoms with Crippen molar-refractivity contribution in [2.45, 2.75) is 44.6 Å². The summed E-state index contributed by atoms with van der Waals surface area (Å²) in [6, 6.07) is 8.55. The Kier molecular flexibility index (Phi) is 4.57. The SMILES string of the molecule is Cc1cc(CNC(=O)CSc2ccc3c(c2)CCC3)c(C)o1. The zero-order valence-corrected chi connectivity index (χ0v) is 13.9. The lowest BCUT2D eigenvalue weighted by molar-refractivity contribution is -0.118. The monoisotopic (exact) mass is 315 g/mol. The third-order valence-corrected chi connectivity index (χ3v) is 5.05. The molecule has 0 bridgehead atoms. The molecule has 4 heteroatoms. The van der Waals surface area contributed by atoms with Crippen LogP contribution in [-0.4, -0.2) is 11.7 Å². The summed E-state index contributed by atoms with van der Waals surface area (Å²) < 4.78 is 5.46. The summed E-state index contributed by atoms with van der Waals surface area (Å²) in [5.41, 5.74) is 3.97. The number of carbonyl (C=O) groups is 1. The molecule has 0 spiro atoms. The first-order valence-corrected chi connectivity index (χ1v) is 8.67. The highest BCUT2D eigenvalue weighted by atomic mass is 32.2. The average molecular weight is 315 g/mol. The van der Waals surface area contributed by atoms with Crippen LogP contribution in [0.25, 0.3) is 0 Å². The number of thioether (sulfide) groups is 1. The summed E-state index contributed by atoms with van der Waals surface area (Å²) in [4.78, 5) is 13.2. The van der Waals surface area contributed by atoms with E-state index in [4.69, 9.17) is 4.42 Å². The highest BCUT2D eigenvalue weighted by molar-refractivity contribution is 8.00. The van der Waals surface area contributed by atoms with Gasteiger partial charge in [0.05, 0.1) is 5.75 Å². The maximum Gasteiger partial charge on any atom is 0.230 e. The molecular formula is C18H21NO2S. The highest BCUT2D eigenvalue weighted by Gasteiger charge is 2.12. The van der Waals surface area contributed by atoms with Crippen LogP contribution in [0.3, 0.4) is 0 Å². The molecule has 0 saturated heterocycles. The van der Waals surface area contributed by atoms with E-state index in [0.29, 0.717) is 12.3 Å². The molecule has 1 aliphatic carbocycles. The maximum absolute atomic E-state index is 12.0. The van der Waals surface area contributed by atoms with Gasteiger partial charge in [-0.15, -0.1) is 11.8 Å². The quantitative estimate of drug-likeness (QED) is 0.854. The highest BCUT2D eigenvalue weighted by Crippen LogP contribution is 2.27. The van der Waals surface area contributed by atoms with E-state index in [9.17, 15) is 4.79 Å². The first kappa shape index (κ1) is 15.2. The largest absolute Gasteiger partial charge is 0.466 e. The van der Waals surface area contributed by atoms with Gasteiger partial charge in [-0.3, -0.25) is 4.79 Å². The predicted molar refractivity (Wildman–Crippen MR) is 89.2 cm³/mol. The van der Waals surface area contributed by atoms with Crippen LogP contribution in [0.1, 0.15) is 34.6 Å². The second kappa shape index (κ2) is 6.61. The van der Waals surface area contributed by atoms with Gasteiger partial charge >= 0.3 is 0 Å². The number of hydrogen-bond donors (Lipinski definition) is 1. The minimum Gasteiger partial charge on any atom is -0.466 e. The molecule has 1 aliphatic rings. The van der Waals surface area contributed by atoms with Crippen molar-refractivity contribution in [1.82, 2.24) is 5.32 Å². The lowest BCUT2D eigenvalue weighted by atomic mass is 10.1. The fraction of sp³-hybridized carbons (Fsp3) is 0.389. The predicted octanol–water partition coefficient (Wildman–Crippen LogP) is 3.79. The van der Waals surface area contributed by atoms with Crippen molar-refractivity contribution in [1.29, 1.82) is 0 Å². The third kappa shape index (κ3) is 3.55. The summed E-state index contributed by atoms with van der Waals surface area (Å²) in [5.74, 6) is 2.27. The number of carbonyl (C=O) groups excluding carboxylic acids is 1. The van der Waals surface area contributed by atoms with Crippen LogP contribution < -0.4 is 5.32 Å². The Bertz CT molecular complexity index is 690. The van der Waals surface area contributed by atoms with Gasteiger partial charge in [0.2, 0.25) is 5.91 Å². The van der Waals surface area contributed by atoms with Gasteiger partial charge in [-0.1, -0.05) is 6.07 Å². The number of aryl methyl sites for hydroxylation is 4. The molecule has 0 atom stereocenters. The van der Waals surface area contributed by atoms with Gasteiger partial charge in [0, 0.05) is 17.0 Å². The number of fused-ring (bicyclic) bond motifs is 1. The first-order valence-electron chi connectivity index (χ1n) is 7.69. The Morgan fingerprint density at radius 3 is 2.82 bits per heavy atom. The summed E-state index contributed by atoms with van der Waals surface area (Å²) in [5, 5.41) is 2.96. The molecule has 3 nitrogen and oxygen atoms in total. The zero-order chi connectivity index (χ0) is 15.5. The molecular weight excluding hydrogens is 294 g/mol. The van der Waals surface area contributed by atoms with Gasteiger partial charge in [-0.2, -0.15) is 0 Å². The molecule has 1 amide bonds. The van der Waals surface area contributed by atoms with E-state index in [0.717, 1.165) is 17.1 Å². The Morgan fingerprint density at radius 2 is 2.05 bits per heavy atom. The van der Waals surface area contributed by atoms with Crippen molar-refractivity contribution in [3.63, 3.8) is 0 Å². The van der Waals surface area contributed by atoms with Crippen molar-refractivity contribution < 1.29 is 9.21 Å². The second-order valence-corrected chi connectivity index (χ2v) is 6.84. The van der Waals surface area contributed by atoms with Gasteiger partial charge in [-0.05, 0) is 62.4 Å². The molecule has 0 aliphatic heterocycles. The average Bonchev–Trinajstić information content (AvgIpc) is 3.08. The van der Waals surface area contributed by atoms with E-state index in [-0.39, 0.29) is 5.91 Å². The van der Waals surface area contributed by atoms with Gasteiger partial charge < -0.3 is 9.73 Å². The van der Waals surface area contributed by atoms with E-state index in [1.165, 1.54) is 35.3 Å². The van der Waals surface area contributed by atoms with Crippen LogP contribution >= 0.6 is 11.8 Å². The number of rotatable bonds is 5. The molecule has 1 heterocycles. The lowest BCUT2D eigenvalue weighted by Crippen LogP contribution is -2.24. The van der Waals surface area contributed by atoms with Crippen LogP contribution in [0.4, 0.5) is 0 Å². The van der Waals surface area contributed by atoms with E-state index in [2.05, 4.69) is 23.5 Å². The van der Waals surface area contributed by atoms with E-state index in [1.807, 2.05) is 19.9 Å². The van der Waals surface area contributed by atoms with Crippen molar-refractivity contribution in [3.05, 3.63) is 52.5 Å². The van der Waals surface area contributed by atoms with Crippen LogP contribution in [-0.2, 0) is 24.2 Å². The summed E-state index contributed by atoms with van der Waals surface area (Å²) in [6.45, 7) is 4.38. The molecule has 0 saturated carbocycles. The molecule has 2 aromatic rings. The Balaban J connectivity index is 1.49. The molecule has 22 heavy (non-hydrogen) atoms. The molecule has 116 valence electrons. The van der Waals surface area contributed by atoms with Crippen molar-refractivity contribution in [3.8, 4) is 0 Å². The van der Waals surface area contributed by atoms with Gasteiger partial charge in [0.15, 0.2) is 0 Å². The van der Waals surface area contributed by atoms with Crippen molar-refractivity contribution >= 4 is 17.7 Å². The van der Waals surface area contributed by atoms with Gasteiger partial charge in [-0.25, -0.2) is 0 Å². The molecule has 0 fully saturated rings. The summed E-state index contributed by atoms with van der Waals surface area (Å²) in [6.07, 6.45) is 3.63. The van der Waals surface area contributed by atoms with Crippen LogP contribution in [0, 0.1) is 13.8 Å². The first-order chi connectivity index (χ1) is 10.6. The van der Waals surface area contributed by atoms with E-state index >= 15 is 0 Å². The minimum absolute atomic E-state index is 0.0590. The molecule has 1 aromatic heterocycles. The van der Waals surface area contributed by atoms with Crippen LogP contribution in [0.2, 0.25) is 0 Å². The van der Waals surface area contributed by atoms with E-state index in [1.54, 1.807) is 11.8 Å². The molecule has 1 aromatic carbocycles. The molecule has 0 unspecified atom stereocenters. The standard InChI is InChI=1S/C18H21NO2S/c1-12-8-16(13(2)21-12)10-19-18(20)11-22-17-7-6-14-4-3-5-15(14)9-17/h6-9H,3-5,10-11H2,1-2H3,(H,19,20). The number of nitrogens with one attached hydrogen (secondary N) is 1. The molecule has 3 rings (SSSR count). The van der Waals surface area contributed by atoms with Crippen molar-refractivity contribution in [2.75, 3.05) is 5.75 Å². The molecule has 0 radical (unpaired) electrons. The second-order valence-electron chi connectivity index (χ2n) is 5.79.